The lowest BCUT2D eigenvalue weighted by molar-refractivity contribution is 0.0968. The second kappa shape index (κ2) is 7.31. The molecule has 20 heavy (non-hydrogen) atoms. The van der Waals surface area contributed by atoms with Crippen LogP contribution in [0.4, 0.5) is 0 Å². The number of carbonyl (C=O) groups is 1. The van der Waals surface area contributed by atoms with Crippen LogP contribution in [0, 0.1) is 0 Å². The van der Waals surface area contributed by atoms with Crippen molar-refractivity contribution < 1.29 is 4.79 Å². The summed E-state index contributed by atoms with van der Waals surface area (Å²) in [5.41, 5.74) is 1.98. The van der Waals surface area contributed by atoms with E-state index >= 15 is 0 Å². The van der Waals surface area contributed by atoms with Gasteiger partial charge in [-0.15, -0.1) is 0 Å². The second-order valence-corrected chi connectivity index (χ2v) is 5.69. The number of pyridine rings is 1. The normalized spacial score (nSPS) is 10.8. The lowest BCUT2D eigenvalue weighted by Gasteiger charge is -2.16. The summed E-state index contributed by atoms with van der Waals surface area (Å²) in [5.74, 6) is 0.180. The van der Waals surface area contributed by atoms with E-state index in [1.165, 1.54) is 5.56 Å². The fourth-order valence-corrected chi connectivity index (χ4v) is 2.22. The molecule has 0 amide bonds. The van der Waals surface area contributed by atoms with Gasteiger partial charge in [0.2, 0.25) is 0 Å². The average Bonchev–Trinajstić information content (AvgIpc) is 2.46. The highest BCUT2D eigenvalue weighted by Crippen LogP contribution is 2.12. The first-order chi connectivity index (χ1) is 9.65. The lowest BCUT2D eigenvalue weighted by atomic mass is 10.1. The molecule has 0 N–H and O–H groups in total. The number of benzene rings is 1. The Labute approximate surface area is 127 Å². The Morgan fingerprint density at radius 3 is 2.45 bits per heavy atom. The maximum absolute atomic E-state index is 12.1. The minimum absolute atomic E-state index is 0.180. The summed E-state index contributed by atoms with van der Waals surface area (Å²) in [6.07, 6.45) is 4.11. The molecule has 0 aliphatic heterocycles. The van der Waals surface area contributed by atoms with Crippen LogP contribution in [0.5, 0.6) is 0 Å². The molecule has 0 spiro atoms. The van der Waals surface area contributed by atoms with Gasteiger partial charge >= 0.3 is 0 Å². The Balaban J connectivity index is 1.82. The van der Waals surface area contributed by atoms with Crippen molar-refractivity contribution >= 4 is 21.7 Å². The average molecular weight is 333 g/mol. The molecule has 0 bridgehead atoms. The van der Waals surface area contributed by atoms with Crippen molar-refractivity contribution in [3.05, 3.63) is 64.4 Å². The molecule has 0 aliphatic carbocycles. The Morgan fingerprint density at radius 1 is 1.15 bits per heavy atom. The number of hydrogen-bond acceptors (Lipinski definition) is 3. The third-order valence-corrected chi connectivity index (χ3v) is 3.62. The summed E-state index contributed by atoms with van der Waals surface area (Å²) < 4.78 is 0.990. The van der Waals surface area contributed by atoms with Crippen molar-refractivity contribution in [1.82, 2.24) is 9.88 Å². The highest BCUT2D eigenvalue weighted by Gasteiger charge is 2.07. The minimum atomic E-state index is 0.180. The first kappa shape index (κ1) is 14.9. The molecule has 1 aromatic heterocycles. The van der Waals surface area contributed by atoms with E-state index in [1.54, 1.807) is 12.4 Å². The molecule has 2 aromatic rings. The predicted octanol–water partition coefficient (Wildman–Crippen LogP) is 3.55. The zero-order valence-corrected chi connectivity index (χ0v) is 13.0. The smallest absolute Gasteiger partial charge is 0.164 e. The van der Waals surface area contributed by atoms with Crippen LogP contribution >= 0.6 is 15.9 Å². The van der Waals surface area contributed by atoms with E-state index in [4.69, 9.17) is 0 Å². The topological polar surface area (TPSA) is 33.2 Å². The van der Waals surface area contributed by atoms with E-state index in [2.05, 4.69) is 25.8 Å². The maximum atomic E-state index is 12.1. The number of nitrogens with zero attached hydrogens (tertiary/aromatic N) is 2. The van der Waals surface area contributed by atoms with Crippen LogP contribution in [0.15, 0.2) is 53.3 Å². The van der Waals surface area contributed by atoms with E-state index in [-0.39, 0.29) is 5.78 Å². The van der Waals surface area contributed by atoms with Gasteiger partial charge in [-0.1, -0.05) is 28.1 Å². The van der Waals surface area contributed by atoms with Gasteiger partial charge in [0, 0.05) is 41.9 Å². The van der Waals surface area contributed by atoms with Gasteiger partial charge < -0.3 is 4.90 Å². The number of halogens is 1. The van der Waals surface area contributed by atoms with E-state index < -0.39 is 0 Å². The first-order valence-corrected chi connectivity index (χ1v) is 7.30. The Morgan fingerprint density at radius 2 is 1.80 bits per heavy atom. The number of hydrogen-bond donors (Lipinski definition) is 0. The van der Waals surface area contributed by atoms with Crippen LogP contribution in [0.2, 0.25) is 0 Å². The second-order valence-electron chi connectivity index (χ2n) is 4.77. The van der Waals surface area contributed by atoms with E-state index in [9.17, 15) is 4.79 Å². The van der Waals surface area contributed by atoms with Crippen LogP contribution in [0.1, 0.15) is 22.3 Å². The molecule has 0 fully saturated rings. The van der Waals surface area contributed by atoms with Gasteiger partial charge in [0.05, 0.1) is 0 Å². The summed E-state index contributed by atoms with van der Waals surface area (Å²) in [6, 6.07) is 11.5. The number of aromatic nitrogens is 1. The molecular weight excluding hydrogens is 316 g/mol. The molecule has 2 rings (SSSR count). The van der Waals surface area contributed by atoms with Crippen molar-refractivity contribution in [3.63, 3.8) is 0 Å². The minimum Gasteiger partial charge on any atom is -0.302 e. The van der Waals surface area contributed by atoms with Crippen LogP contribution in [0.25, 0.3) is 0 Å². The van der Waals surface area contributed by atoms with Crippen molar-refractivity contribution in [2.45, 2.75) is 13.0 Å². The molecule has 4 heteroatoms. The zero-order valence-electron chi connectivity index (χ0n) is 11.4. The van der Waals surface area contributed by atoms with E-state index in [1.807, 2.05) is 43.4 Å². The fourth-order valence-electron chi connectivity index (χ4n) is 1.95. The quantitative estimate of drug-likeness (QED) is 0.758. The maximum Gasteiger partial charge on any atom is 0.164 e. The molecule has 0 saturated heterocycles. The first-order valence-electron chi connectivity index (χ1n) is 6.51. The number of Topliss-reactive ketones (excluding diaryl/α,β-unsaturated/α-hetero) is 1. The Kier molecular flexibility index (Phi) is 5.44. The lowest BCUT2D eigenvalue weighted by Crippen LogP contribution is -2.21. The molecule has 1 aromatic carbocycles. The highest BCUT2D eigenvalue weighted by atomic mass is 79.9. The van der Waals surface area contributed by atoms with Gasteiger partial charge in [-0.3, -0.25) is 9.78 Å². The van der Waals surface area contributed by atoms with Crippen molar-refractivity contribution in [3.8, 4) is 0 Å². The largest absolute Gasteiger partial charge is 0.302 e. The molecule has 0 radical (unpaired) electrons. The molecule has 1 heterocycles. The van der Waals surface area contributed by atoms with Gasteiger partial charge in [0.15, 0.2) is 5.78 Å². The van der Waals surface area contributed by atoms with Crippen molar-refractivity contribution in [1.29, 1.82) is 0 Å². The van der Waals surface area contributed by atoms with E-state index in [0.717, 1.165) is 23.1 Å². The summed E-state index contributed by atoms with van der Waals surface area (Å²) in [5, 5.41) is 0. The molecule has 0 aliphatic rings. The number of rotatable bonds is 6. The van der Waals surface area contributed by atoms with Gasteiger partial charge in [0.25, 0.3) is 0 Å². The fraction of sp³-hybridized carbons (Fsp3) is 0.250. The summed E-state index contributed by atoms with van der Waals surface area (Å²) in [6.45, 7) is 1.58. The van der Waals surface area contributed by atoms with Gasteiger partial charge in [0.1, 0.15) is 0 Å². The van der Waals surface area contributed by atoms with Crippen molar-refractivity contribution in [2.75, 3.05) is 13.6 Å². The molecule has 0 saturated carbocycles. The Bertz CT molecular complexity index is 554. The molecule has 0 unspecified atom stereocenters. The van der Waals surface area contributed by atoms with Crippen LogP contribution in [-0.2, 0) is 6.54 Å². The summed E-state index contributed by atoms with van der Waals surface area (Å²) >= 11 is 3.37. The van der Waals surface area contributed by atoms with Crippen LogP contribution in [-0.4, -0.2) is 29.3 Å². The Hall–Kier alpha value is -1.52. The zero-order chi connectivity index (χ0) is 14.4. The van der Waals surface area contributed by atoms with Crippen molar-refractivity contribution in [2.24, 2.45) is 0 Å². The number of carbonyl (C=O) groups excluding carboxylic acids is 1. The molecular formula is C16H17BrN2O. The van der Waals surface area contributed by atoms with E-state index in [0.29, 0.717) is 6.42 Å². The monoisotopic (exact) mass is 332 g/mol. The standard InChI is InChI=1S/C16H17BrN2O/c1-19(12-13-6-9-18-10-7-13)11-8-16(20)14-2-4-15(17)5-3-14/h2-7,9-10H,8,11-12H2,1H3. The van der Waals surface area contributed by atoms with Gasteiger partial charge in [-0.2, -0.15) is 0 Å². The SMILES string of the molecule is CN(CCC(=O)c1ccc(Br)cc1)Cc1ccncc1. The molecule has 104 valence electrons. The van der Waals surface area contributed by atoms with Gasteiger partial charge in [-0.25, -0.2) is 0 Å². The molecule has 0 atom stereocenters. The number of ketones is 1. The highest BCUT2D eigenvalue weighted by molar-refractivity contribution is 9.10. The van der Waals surface area contributed by atoms with Crippen LogP contribution < -0.4 is 0 Å². The predicted molar refractivity (Wildman–Crippen MR) is 83.7 cm³/mol. The summed E-state index contributed by atoms with van der Waals surface area (Å²) in [4.78, 5) is 18.2. The third-order valence-electron chi connectivity index (χ3n) is 3.09. The summed E-state index contributed by atoms with van der Waals surface area (Å²) in [7, 11) is 2.02. The van der Waals surface area contributed by atoms with Crippen LogP contribution in [0.3, 0.4) is 0 Å². The third kappa shape index (κ3) is 4.54. The molecule has 3 nitrogen and oxygen atoms in total. The van der Waals surface area contributed by atoms with Gasteiger partial charge in [-0.05, 0) is 36.9 Å².